The second kappa shape index (κ2) is 6.03. The van der Waals surface area contributed by atoms with E-state index in [0.717, 1.165) is 5.56 Å². The summed E-state index contributed by atoms with van der Waals surface area (Å²) in [4.78, 5) is 30.5. The van der Waals surface area contributed by atoms with Crippen molar-refractivity contribution >= 4 is 11.8 Å². The number of imide groups is 1. The van der Waals surface area contributed by atoms with Crippen molar-refractivity contribution in [1.82, 2.24) is 15.0 Å². The zero-order chi connectivity index (χ0) is 16.5. The molecule has 2 amide bonds. The fraction of sp³-hybridized carbons (Fsp3) is 0.333. The molecule has 0 saturated carbocycles. The fourth-order valence-electron chi connectivity index (χ4n) is 3.36. The van der Waals surface area contributed by atoms with Gasteiger partial charge in [0.1, 0.15) is 0 Å². The zero-order valence-corrected chi connectivity index (χ0v) is 13.1. The molecule has 1 aliphatic heterocycles. The summed E-state index contributed by atoms with van der Waals surface area (Å²) in [7, 11) is 0. The Morgan fingerprint density at radius 1 is 1.04 bits per heavy atom. The largest absolute Gasteiger partial charge is 0.339 e. The summed E-state index contributed by atoms with van der Waals surface area (Å²) in [6, 6.07) is 9.54. The SMILES string of the molecule is O=C1[C@H]2CC=CC[C@@H]2C(=O)N1CCc1nc(-c2ccccc2)no1. The van der Waals surface area contributed by atoms with Crippen LogP contribution in [0.1, 0.15) is 18.7 Å². The van der Waals surface area contributed by atoms with Gasteiger partial charge in [-0.25, -0.2) is 0 Å². The number of aromatic nitrogens is 2. The van der Waals surface area contributed by atoms with Crippen molar-refractivity contribution in [3.63, 3.8) is 0 Å². The third-order valence-corrected chi connectivity index (χ3v) is 4.65. The van der Waals surface area contributed by atoms with Gasteiger partial charge in [0.25, 0.3) is 0 Å². The van der Waals surface area contributed by atoms with Gasteiger partial charge in [0, 0.05) is 18.5 Å². The van der Waals surface area contributed by atoms with Crippen LogP contribution in [0.5, 0.6) is 0 Å². The molecule has 1 aromatic heterocycles. The van der Waals surface area contributed by atoms with Crippen LogP contribution in [-0.2, 0) is 16.0 Å². The second-order valence-electron chi connectivity index (χ2n) is 6.11. The molecule has 0 N–H and O–H groups in total. The molecule has 0 bridgehead atoms. The molecule has 2 atom stereocenters. The zero-order valence-electron chi connectivity index (χ0n) is 13.1. The lowest BCUT2D eigenvalue weighted by molar-refractivity contribution is -0.139. The molecular weight excluding hydrogens is 306 g/mol. The number of allylic oxidation sites excluding steroid dienone is 2. The van der Waals surface area contributed by atoms with E-state index in [0.29, 0.717) is 37.5 Å². The van der Waals surface area contributed by atoms with E-state index in [1.54, 1.807) is 0 Å². The van der Waals surface area contributed by atoms with Crippen LogP contribution in [0.15, 0.2) is 47.0 Å². The maximum absolute atomic E-state index is 12.4. The van der Waals surface area contributed by atoms with Gasteiger partial charge in [0.05, 0.1) is 11.8 Å². The molecule has 4 rings (SSSR count). The van der Waals surface area contributed by atoms with Crippen LogP contribution >= 0.6 is 0 Å². The van der Waals surface area contributed by atoms with Crippen molar-refractivity contribution in [2.45, 2.75) is 19.3 Å². The van der Waals surface area contributed by atoms with E-state index in [1.807, 2.05) is 42.5 Å². The van der Waals surface area contributed by atoms with Gasteiger partial charge in [-0.3, -0.25) is 14.5 Å². The number of nitrogens with zero attached hydrogens (tertiary/aromatic N) is 3. The highest BCUT2D eigenvalue weighted by Crippen LogP contribution is 2.35. The van der Waals surface area contributed by atoms with E-state index in [2.05, 4.69) is 10.1 Å². The lowest BCUT2D eigenvalue weighted by Crippen LogP contribution is -2.33. The summed E-state index contributed by atoms with van der Waals surface area (Å²) in [5.41, 5.74) is 0.873. The number of hydrogen-bond donors (Lipinski definition) is 0. The maximum atomic E-state index is 12.4. The summed E-state index contributed by atoms with van der Waals surface area (Å²) in [5.74, 6) is 0.425. The van der Waals surface area contributed by atoms with Crippen LogP contribution in [0, 0.1) is 11.8 Å². The highest BCUT2D eigenvalue weighted by Gasteiger charge is 2.46. The van der Waals surface area contributed by atoms with Gasteiger partial charge in [-0.2, -0.15) is 4.98 Å². The van der Waals surface area contributed by atoms with Crippen molar-refractivity contribution in [2.75, 3.05) is 6.54 Å². The lowest BCUT2D eigenvalue weighted by Gasteiger charge is -2.14. The van der Waals surface area contributed by atoms with E-state index >= 15 is 0 Å². The molecule has 1 aromatic carbocycles. The van der Waals surface area contributed by atoms with E-state index < -0.39 is 0 Å². The quantitative estimate of drug-likeness (QED) is 0.637. The minimum Gasteiger partial charge on any atom is -0.339 e. The lowest BCUT2D eigenvalue weighted by atomic mass is 9.85. The molecule has 1 aliphatic carbocycles. The number of amides is 2. The van der Waals surface area contributed by atoms with Gasteiger partial charge >= 0.3 is 0 Å². The Bertz CT molecular complexity index is 771. The van der Waals surface area contributed by atoms with Gasteiger partial charge in [0.2, 0.25) is 23.5 Å². The normalized spacial score (nSPS) is 22.9. The standard InChI is InChI=1S/C18H17N3O3/c22-17-13-8-4-5-9-14(13)18(23)21(17)11-10-15-19-16(20-24-15)12-6-2-1-3-7-12/h1-7,13-14H,8-11H2/t13-,14-/m0/s1. The van der Waals surface area contributed by atoms with E-state index in [9.17, 15) is 9.59 Å². The van der Waals surface area contributed by atoms with Gasteiger partial charge in [0.15, 0.2) is 0 Å². The Labute approximate surface area is 139 Å². The predicted octanol–water partition coefficient (Wildman–Crippen LogP) is 2.23. The van der Waals surface area contributed by atoms with Crippen LogP contribution in [0.3, 0.4) is 0 Å². The minimum atomic E-state index is -0.190. The van der Waals surface area contributed by atoms with Crippen LogP contribution in [0.2, 0.25) is 0 Å². The number of fused-ring (bicyclic) bond motifs is 1. The van der Waals surface area contributed by atoms with Crippen molar-refractivity contribution in [2.24, 2.45) is 11.8 Å². The van der Waals surface area contributed by atoms with Crippen molar-refractivity contribution in [1.29, 1.82) is 0 Å². The molecule has 24 heavy (non-hydrogen) atoms. The monoisotopic (exact) mass is 323 g/mol. The summed E-state index contributed by atoms with van der Waals surface area (Å²) in [6.07, 6.45) is 5.67. The third kappa shape index (κ3) is 2.54. The molecule has 122 valence electrons. The number of hydrogen-bond acceptors (Lipinski definition) is 5. The molecule has 1 saturated heterocycles. The third-order valence-electron chi connectivity index (χ3n) is 4.65. The Balaban J connectivity index is 1.43. The summed E-state index contributed by atoms with van der Waals surface area (Å²) >= 11 is 0. The molecule has 2 aliphatic rings. The van der Waals surface area contributed by atoms with E-state index in [4.69, 9.17) is 4.52 Å². The molecule has 2 heterocycles. The number of likely N-dealkylation sites (tertiary alicyclic amines) is 1. The van der Waals surface area contributed by atoms with Gasteiger partial charge in [-0.15, -0.1) is 0 Å². The van der Waals surface area contributed by atoms with Crippen LogP contribution in [-0.4, -0.2) is 33.4 Å². The van der Waals surface area contributed by atoms with Crippen LogP contribution in [0.4, 0.5) is 0 Å². The Morgan fingerprint density at radius 3 is 2.38 bits per heavy atom. The number of benzene rings is 1. The average molecular weight is 323 g/mol. The Kier molecular flexibility index (Phi) is 3.72. The maximum Gasteiger partial charge on any atom is 0.233 e. The highest BCUT2D eigenvalue weighted by molar-refractivity contribution is 6.05. The predicted molar refractivity (Wildman–Crippen MR) is 85.5 cm³/mol. The molecule has 6 heteroatoms. The average Bonchev–Trinajstić information content (AvgIpc) is 3.19. The fourth-order valence-corrected chi connectivity index (χ4v) is 3.36. The minimum absolute atomic E-state index is 0.0721. The molecule has 6 nitrogen and oxygen atoms in total. The summed E-state index contributed by atoms with van der Waals surface area (Å²) in [6.45, 7) is 0.293. The smallest absolute Gasteiger partial charge is 0.233 e. The summed E-state index contributed by atoms with van der Waals surface area (Å²) in [5, 5.41) is 3.96. The molecule has 2 aromatic rings. The first-order chi connectivity index (χ1) is 11.7. The Hall–Kier alpha value is -2.76. The summed E-state index contributed by atoms with van der Waals surface area (Å²) < 4.78 is 5.25. The highest BCUT2D eigenvalue weighted by atomic mass is 16.5. The van der Waals surface area contributed by atoms with Crippen molar-refractivity contribution < 1.29 is 14.1 Å². The van der Waals surface area contributed by atoms with Crippen LogP contribution in [0.25, 0.3) is 11.4 Å². The van der Waals surface area contributed by atoms with Gasteiger partial charge in [-0.1, -0.05) is 47.6 Å². The first-order valence-corrected chi connectivity index (χ1v) is 8.12. The van der Waals surface area contributed by atoms with E-state index in [1.165, 1.54) is 4.90 Å². The van der Waals surface area contributed by atoms with Gasteiger partial charge in [-0.05, 0) is 12.8 Å². The topological polar surface area (TPSA) is 76.3 Å². The molecule has 0 unspecified atom stereocenters. The Morgan fingerprint density at radius 2 is 1.71 bits per heavy atom. The van der Waals surface area contributed by atoms with Crippen molar-refractivity contribution in [3.05, 3.63) is 48.4 Å². The van der Waals surface area contributed by atoms with Gasteiger partial charge < -0.3 is 4.52 Å². The van der Waals surface area contributed by atoms with E-state index in [-0.39, 0.29) is 23.7 Å². The number of carbonyl (C=O) groups is 2. The van der Waals surface area contributed by atoms with Crippen LogP contribution < -0.4 is 0 Å². The molecular formula is C18H17N3O3. The molecule has 0 spiro atoms. The first kappa shape index (κ1) is 14.8. The first-order valence-electron chi connectivity index (χ1n) is 8.12. The second-order valence-corrected chi connectivity index (χ2v) is 6.11. The number of rotatable bonds is 4. The number of carbonyl (C=O) groups excluding carboxylic acids is 2. The van der Waals surface area contributed by atoms with Crippen molar-refractivity contribution in [3.8, 4) is 11.4 Å². The molecule has 1 fully saturated rings. The molecule has 0 radical (unpaired) electrons.